The Bertz CT molecular complexity index is 320. The van der Waals surface area contributed by atoms with Gasteiger partial charge in [-0.2, -0.15) is 0 Å². The Morgan fingerprint density at radius 2 is 2.21 bits per heavy atom. The van der Waals surface area contributed by atoms with Crippen LogP contribution in [0.15, 0.2) is 0 Å². The van der Waals surface area contributed by atoms with Crippen LogP contribution < -0.4 is 5.32 Å². The van der Waals surface area contributed by atoms with Crippen LogP contribution in [0.25, 0.3) is 0 Å². The molecule has 1 saturated heterocycles. The largest absolute Gasteiger partial charge is 0.480 e. The molecule has 1 saturated carbocycles. The predicted molar refractivity (Wildman–Crippen MR) is 73.2 cm³/mol. The fourth-order valence-electron chi connectivity index (χ4n) is 3.06. The van der Waals surface area contributed by atoms with Crippen molar-refractivity contribution >= 4 is 5.97 Å². The monoisotopic (exact) mass is 270 g/mol. The third kappa shape index (κ3) is 3.27. The highest BCUT2D eigenvalue weighted by Gasteiger charge is 2.52. The predicted octanol–water partition coefficient (Wildman–Crippen LogP) is 0.940. The van der Waals surface area contributed by atoms with E-state index in [0.717, 1.165) is 45.3 Å². The Kier molecular flexibility index (Phi) is 4.81. The summed E-state index contributed by atoms with van der Waals surface area (Å²) in [5, 5.41) is 13.0. The van der Waals surface area contributed by atoms with E-state index in [4.69, 9.17) is 4.74 Å². The summed E-state index contributed by atoms with van der Waals surface area (Å²) in [7, 11) is 1.73. The van der Waals surface area contributed by atoms with Gasteiger partial charge in [0, 0.05) is 26.7 Å². The summed E-state index contributed by atoms with van der Waals surface area (Å²) in [6, 6.07) is 0. The number of likely N-dealkylation sites (tertiary alicyclic amines) is 1. The van der Waals surface area contributed by atoms with E-state index < -0.39 is 11.5 Å². The molecule has 2 N–H and O–H groups in total. The van der Waals surface area contributed by atoms with Crippen molar-refractivity contribution in [2.75, 3.05) is 33.3 Å². The molecule has 0 amide bonds. The third-order valence-corrected chi connectivity index (χ3v) is 4.38. The van der Waals surface area contributed by atoms with Gasteiger partial charge in [0.1, 0.15) is 5.54 Å². The summed E-state index contributed by atoms with van der Waals surface area (Å²) in [5.74, 6) is -0.400. The number of hydrogen-bond acceptors (Lipinski definition) is 4. The van der Waals surface area contributed by atoms with Crippen LogP contribution in [0.3, 0.4) is 0 Å². The molecule has 0 aromatic heterocycles. The summed E-state index contributed by atoms with van der Waals surface area (Å²) in [6.07, 6.45) is 4.29. The Morgan fingerprint density at radius 3 is 2.68 bits per heavy atom. The standard InChI is InChI=1S/C14H26N2O3/c1-3-7-15-14(13(17)18,11-4-5-11)10-16-8-6-12(9-16)19-2/h11-12,15H,3-10H2,1-2H3,(H,17,18). The minimum atomic E-state index is -0.751. The topological polar surface area (TPSA) is 61.8 Å². The number of carboxylic acids is 1. The molecule has 2 rings (SSSR count). The number of carboxylic acid groups (broad SMARTS) is 1. The van der Waals surface area contributed by atoms with Crippen LogP contribution in [0.1, 0.15) is 32.6 Å². The Morgan fingerprint density at radius 1 is 1.47 bits per heavy atom. The number of nitrogens with zero attached hydrogens (tertiary/aromatic N) is 1. The van der Waals surface area contributed by atoms with Gasteiger partial charge in [0.25, 0.3) is 0 Å². The van der Waals surface area contributed by atoms with Crippen LogP contribution in [0, 0.1) is 5.92 Å². The quantitative estimate of drug-likeness (QED) is 0.687. The summed E-state index contributed by atoms with van der Waals surface area (Å²) in [6.45, 7) is 5.24. The number of carbonyl (C=O) groups is 1. The molecule has 0 aromatic carbocycles. The van der Waals surface area contributed by atoms with Gasteiger partial charge >= 0.3 is 5.97 Å². The van der Waals surface area contributed by atoms with Crippen molar-refractivity contribution in [2.45, 2.75) is 44.2 Å². The third-order valence-electron chi connectivity index (χ3n) is 4.38. The van der Waals surface area contributed by atoms with Crippen molar-refractivity contribution in [2.24, 2.45) is 5.92 Å². The molecule has 2 aliphatic rings. The number of aliphatic carboxylic acids is 1. The van der Waals surface area contributed by atoms with E-state index in [-0.39, 0.29) is 12.0 Å². The minimum Gasteiger partial charge on any atom is -0.480 e. The number of ether oxygens (including phenoxy) is 1. The summed E-state index contributed by atoms with van der Waals surface area (Å²) in [4.78, 5) is 14.1. The van der Waals surface area contributed by atoms with Crippen LogP contribution in [-0.2, 0) is 9.53 Å². The summed E-state index contributed by atoms with van der Waals surface area (Å²) < 4.78 is 5.36. The number of nitrogens with one attached hydrogen (secondary N) is 1. The second-order valence-corrected chi connectivity index (χ2v) is 5.86. The SMILES string of the molecule is CCCNC(CN1CCC(OC)C1)(C(=O)O)C1CC1. The van der Waals surface area contributed by atoms with Crippen molar-refractivity contribution in [3.63, 3.8) is 0 Å². The van der Waals surface area contributed by atoms with Crippen LogP contribution in [0.5, 0.6) is 0 Å². The molecule has 2 atom stereocenters. The molecule has 5 heteroatoms. The Balaban J connectivity index is 2.02. The Labute approximate surface area is 115 Å². The second kappa shape index (κ2) is 6.20. The Hall–Kier alpha value is -0.650. The average Bonchev–Trinajstić information content (AvgIpc) is 3.15. The highest BCUT2D eigenvalue weighted by atomic mass is 16.5. The van der Waals surface area contributed by atoms with E-state index >= 15 is 0 Å². The van der Waals surface area contributed by atoms with Crippen molar-refractivity contribution in [3.05, 3.63) is 0 Å². The van der Waals surface area contributed by atoms with Crippen LogP contribution in [0.2, 0.25) is 0 Å². The van der Waals surface area contributed by atoms with Crippen molar-refractivity contribution in [1.29, 1.82) is 0 Å². The minimum absolute atomic E-state index is 0.261. The smallest absolute Gasteiger partial charge is 0.325 e. The molecule has 2 unspecified atom stereocenters. The zero-order valence-electron chi connectivity index (χ0n) is 12.0. The summed E-state index contributed by atoms with van der Waals surface area (Å²) in [5.41, 5.74) is -0.751. The highest BCUT2D eigenvalue weighted by molar-refractivity contribution is 5.80. The molecule has 1 heterocycles. The lowest BCUT2D eigenvalue weighted by Gasteiger charge is -2.34. The lowest BCUT2D eigenvalue weighted by molar-refractivity contribution is -0.147. The van der Waals surface area contributed by atoms with E-state index in [1.54, 1.807) is 7.11 Å². The fraction of sp³-hybridized carbons (Fsp3) is 0.929. The maximum Gasteiger partial charge on any atom is 0.325 e. The van der Waals surface area contributed by atoms with Gasteiger partial charge < -0.3 is 15.2 Å². The van der Waals surface area contributed by atoms with Crippen LogP contribution in [-0.4, -0.2) is 60.9 Å². The number of hydrogen-bond donors (Lipinski definition) is 2. The maximum absolute atomic E-state index is 11.8. The first-order chi connectivity index (χ1) is 9.12. The molecule has 0 bridgehead atoms. The molecular weight excluding hydrogens is 244 g/mol. The molecule has 0 aromatic rings. The fourth-order valence-corrected chi connectivity index (χ4v) is 3.06. The van der Waals surface area contributed by atoms with Gasteiger partial charge in [-0.1, -0.05) is 6.92 Å². The van der Waals surface area contributed by atoms with Gasteiger partial charge in [-0.15, -0.1) is 0 Å². The van der Waals surface area contributed by atoms with Crippen molar-refractivity contribution < 1.29 is 14.6 Å². The van der Waals surface area contributed by atoms with Gasteiger partial charge in [-0.3, -0.25) is 9.69 Å². The maximum atomic E-state index is 11.8. The van der Waals surface area contributed by atoms with Crippen LogP contribution >= 0.6 is 0 Å². The first kappa shape index (κ1) is 14.8. The van der Waals surface area contributed by atoms with E-state index in [0.29, 0.717) is 6.54 Å². The average molecular weight is 270 g/mol. The van der Waals surface area contributed by atoms with E-state index in [9.17, 15) is 9.90 Å². The van der Waals surface area contributed by atoms with Gasteiger partial charge in [0.15, 0.2) is 0 Å². The number of methoxy groups -OCH3 is 1. The van der Waals surface area contributed by atoms with Gasteiger partial charge in [-0.25, -0.2) is 0 Å². The highest BCUT2D eigenvalue weighted by Crippen LogP contribution is 2.41. The number of rotatable bonds is 8. The van der Waals surface area contributed by atoms with E-state index in [1.807, 2.05) is 0 Å². The summed E-state index contributed by atoms with van der Waals surface area (Å²) >= 11 is 0. The molecule has 1 aliphatic heterocycles. The lowest BCUT2D eigenvalue weighted by atomic mass is 9.92. The molecule has 0 spiro atoms. The van der Waals surface area contributed by atoms with Crippen LogP contribution in [0.4, 0.5) is 0 Å². The van der Waals surface area contributed by atoms with Gasteiger partial charge in [0.2, 0.25) is 0 Å². The van der Waals surface area contributed by atoms with E-state index in [1.165, 1.54) is 0 Å². The van der Waals surface area contributed by atoms with Gasteiger partial charge in [-0.05, 0) is 38.1 Å². The molecule has 2 fully saturated rings. The van der Waals surface area contributed by atoms with Crippen molar-refractivity contribution in [1.82, 2.24) is 10.2 Å². The molecule has 0 radical (unpaired) electrons. The normalized spacial score (nSPS) is 27.4. The van der Waals surface area contributed by atoms with E-state index in [2.05, 4.69) is 17.1 Å². The molecule has 1 aliphatic carbocycles. The molecule has 110 valence electrons. The first-order valence-corrected chi connectivity index (χ1v) is 7.36. The molecule has 5 nitrogen and oxygen atoms in total. The lowest BCUT2D eigenvalue weighted by Crippen LogP contribution is -2.60. The molecule has 19 heavy (non-hydrogen) atoms. The van der Waals surface area contributed by atoms with Gasteiger partial charge in [0.05, 0.1) is 6.10 Å². The zero-order chi connectivity index (χ0) is 13.9. The second-order valence-electron chi connectivity index (χ2n) is 5.86. The first-order valence-electron chi connectivity index (χ1n) is 7.36. The molecular formula is C14H26N2O3. The zero-order valence-corrected chi connectivity index (χ0v) is 12.0. The van der Waals surface area contributed by atoms with Crippen molar-refractivity contribution in [3.8, 4) is 0 Å².